The van der Waals surface area contributed by atoms with Crippen molar-refractivity contribution in [2.24, 2.45) is 0 Å². The fourth-order valence-corrected chi connectivity index (χ4v) is 3.01. The summed E-state index contributed by atoms with van der Waals surface area (Å²) in [5.41, 5.74) is 7.68. The van der Waals surface area contributed by atoms with Crippen molar-refractivity contribution in [3.05, 3.63) is 59.7 Å². The molecule has 0 aliphatic heterocycles. The third-order valence-electron chi connectivity index (χ3n) is 4.06. The lowest BCUT2D eigenvalue weighted by atomic mass is 10.1. The Kier molecular flexibility index (Phi) is 2.51. The highest BCUT2D eigenvalue weighted by molar-refractivity contribution is 5.79. The fourth-order valence-electron chi connectivity index (χ4n) is 3.01. The number of rotatable bonds is 2. The first-order chi connectivity index (χ1) is 10.1. The highest BCUT2D eigenvalue weighted by Gasteiger charge is 2.41. The van der Waals surface area contributed by atoms with Crippen LogP contribution in [0.2, 0.25) is 0 Å². The van der Waals surface area contributed by atoms with E-state index in [-0.39, 0.29) is 17.5 Å². The number of imidazole rings is 1. The Morgan fingerprint density at radius 3 is 2.67 bits per heavy atom. The van der Waals surface area contributed by atoms with E-state index < -0.39 is 11.6 Å². The first kappa shape index (κ1) is 12.3. The third kappa shape index (κ3) is 1.88. The number of nitrogens with two attached hydrogens (primary N) is 1. The molecule has 3 nitrogen and oxygen atoms in total. The number of benzene rings is 2. The van der Waals surface area contributed by atoms with Crippen molar-refractivity contribution >= 4 is 17.0 Å². The van der Waals surface area contributed by atoms with Gasteiger partial charge >= 0.3 is 0 Å². The largest absolute Gasteiger partial charge is 0.369 e. The molecule has 0 amide bonds. The summed E-state index contributed by atoms with van der Waals surface area (Å²) in [5.74, 6) is -0.736. The maximum atomic E-state index is 13.8. The van der Waals surface area contributed by atoms with Crippen LogP contribution < -0.4 is 5.73 Å². The highest BCUT2D eigenvalue weighted by Crippen LogP contribution is 2.53. The second-order valence-corrected chi connectivity index (χ2v) is 5.42. The van der Waals surface area contributed by atoms with Gasteiger partial charge in [0, 0.05) is 24.1 Å². The minimum absolute atomic E-state index is 0.110. The van der Waals surface area contributed by atoms with E-state index >= 15 is 0 Å². The molecule has 4 rings (SSSR count). The Morgan fingerprint density at radius 2 is 1.90 bits per heavy atom. The van der Waals surface area contributed by atoms with E-state index in [0.29, 0.717) is 11.4 Å². The van der Waals surface area contributed by atoms with Crippen molar-refractivity contribution in [1.29, 1.82) is 0 Å². The summed E-state index contributed by atoms with van der Waals surface area (Å²) in [7, 11) is 0. The van der Waals surface area contributed by atoms with Crippen molar-refractivity contribution in [2.45, 2.75) is 18.4 Å². The molecule has 0 saturated heterocycles. The number of aromatic nitrogens is 2. The number of fused-ring (bicyclic) bond motifs is 1. The topological polar surface area (TPSA) is 43.8 Å². The maximum absolute atomic E-state index is 13.8. The van der Waals surface area contributed by atoms with E-state index in [2.05, 4.69) is 17.1 Å². The molecule has 0 radical (unpaired) electrons. The van der Waals surface area contributed by atoms with Gasteiger partial charge in [0.2, 0.25) is 5.95 Å². The molecule has 2 aromatic carbocycles. The van der Waals surface area contributed by atoms with Crippen molar-refractivity contribution in [3.63, 3.8) is 0 Å². The summed E-state index contributed by atoms with van der Waals surface area (Å²) in [6.07, 6.45) is 0.901. The number of hydrogen-bond donors (Lipinski definition) is 1. The van der Waals surface area contributed by atoms with Crippen LogP contribution in [-0.4, -0.2) is 9.55 Å². The van der Waals surface area contributed by atoms with E-state index in [1.807, 2.05) is 18.2 Å². The molecule has 2 N–H and O–H groups in total. The predicted octanol–water partition coefficient (Wildman–Crippen LogP) is 3.63. The SMILES string of the molecule is Nc1nc2c(F)cc(F)cc2n1C1CC1c1ccccc1. The van der Waals surface area contributed by atoms with Crippen molar-refractivity contribution in [3.8, 4) is 0 Å². The van der Waals surface area contributed by atoms with Gasteiger partial charge in [0.15, 0.2) is 5.82 Å². The minimum Gasteiger partial charge on any atom is -0.369 e. The summed E-state index contributed by atoms with van der Waals surface area (Å²) in [6.45, 7) is 0. The Bertz CT molecular complexity index is 826. The Balaban J connectivity index is 1.80. The fraction of sp³-hybridized carbons (Fsp3) is 0.188. The zero-order valence-electron chi connectivity index (χ0n) is 11.1. The molecule has 1 heterocycles. The summed E-state index contributed by atoms with van der Waals surface area (Å²) < 4.78 is 29.0. The van der Waals surface area contributed by atoms with Crippen LogP contribution in [0.5, 0.6) is 0 Å². The van der Waals surface area contributed by atoms with Gasteiger partial charge in [0.25, 0.3) is 0 Å². The Labute approximate surface area is 120 Å². The lowest BCUT2D eigenvalue weighted by Crippen LogP contribution is -2.02. The molecule has 0 spiro atoms. The van der Waals surface area contributed by atoms with Gasteiger partial charge in [-0.05, 0) is 12.0 Å². The van der Waals surface area contributed by atoms with Crippen molar-refractivity contribution in [2.75, 3.05) is 5.73 Å². The molecule has 21 heavy (non-hydrogen) atoms. The molecule has 106 valence electrons. The van der Waals surface area contributed by atoms with Gasteiger partial charge in [-0.25, -0.2) is 13.8 Å². The Hall–Kier alpha value is -2.43. The average Bonchev–Trinajstić information content (AvgIpc) is 3.17. The molecule has 1 aliphatic rings. The van der Waals surface area contributed by atoms with Crippen LogP contribution in [0, 0.1) is 11.6 Å². The molecule has 2 unspecified atom stereocenters. The molecule has 1 aromatic heterocycles. The third-order valence-corrected chi connectivity index (χ3v) is 4.06. The maximum Gasteiger partial charge on any atom is 0.201 e. The molecule has 1 aliphatic carbocycles. The molecule has 2 atom stereocenters. The second kappa shape index (κ2) is 4.28. The van der Waals surface area contributed by atoms with Crippen molar-refractivity contribution in [1.82, 2.24) is 9.55 Å². The van der Waals surface area contributed by atoms with Gasteiger partial charge < -0.3 is 10.3 Å². The quantitative estimate of drug-likeness (QED) is 0.781. The molecular weight excluding hydrogens is 272 g/mol. The number of nitrogens with zero attached hydrogens (tertiary/aromatic N) is 2. The van der Waals surface area contributed by atoms with Crippen LogP contribution in [0.1, 0.15) is 23.9 Å². The highest BCUT2D eigenvalue weighted by atomic mass is 19.1. The van der Waals surface area contributed by atoms with Crippen LogP contribution in [0.25, 0.3) is 11.0 Å². The second-order valence-electron chi connectivity index (χ2n) is 5.42. The number of nitrogen functional groups attached to an aromatic ring is 1. The summed E-state index contributed by atoms with van der Waals surface area (Å²) in [6, 6.07) is 12.3. The predicted molar refractivity (Wildman–Crippen MR) is 76.9 cm³/mol. The van der Waals surface area contributed by atoms with Crippen LogP contribution in [0.15, 0.2) is 42.5 Å². The van der Waals surface area contributed by atoms with E-state index in [4.69, 9.17) is 5.73 Å². The molecule has 3 aromatic rings. The van der Waals surface area contributed by atoms with Gasteiger partial charge in [0.1, 0.15) is 11.3 Å². The zero-order chi connectivity index (χ0) is 14.6. The molecule has 0 bridgehead atoms. The van der Waals surface area contributed by atoms with E-state index in [1.165, 1.54) is 11.6 Å². The number of anilines is 1. The van der Waals surface area contributed by atoms with Gasteiger partial charge in [-0.1, -0.05) is 30.3 Å². The van der Waals surface area contributed by atoms with Crippen LogP contribution in [-0.2, 0) is 0 Å². The molecule has 5 heteroatoms. The minimum atomic E-state index is -0.674. The van der Waals surface area contributed by atoms with E-state index in [9.17, 15) is 8.78 Å². The van der Waals surface area contributed by atoms with Crippen LogP contribution in [0.3, 0.4) is 0 Å². The van der Waals surface area contributed by atoms with E-state index in [0.717, 1.165) is 12.5 Å². The lowest BCUT2D eigenvalue weighted by Gasteiger charge is -2.06. The molecule has 1 saturated carbocycles. The van der Waals surface area contributed by atoms with Crippen molar-refractivity contribution < 1.29 is 8.78 Å². The summed E-state index contributed by atoms with van der Waals surface area (Å²) >= 11 is 0. The number of hydrogen-bond acceptors (Lipinski definition) is 2. The van der Waals surface area contributed by atoms with E-state index in [1.54, 1.807) is 4.57 Å². The van der Waals surface area contributed by atoms with Crippen LogP contribution >= 0.6 is 0 Å². The van der Waals surface area contributed by atoms with Gasteiger partial charge in [-0.2, -0.15) is 0 Å². The normalized spacial score (nSPS) is 20.9. The van der Waals surface area contributed by atoms with Gasteiger partial charge in [-0.3, -0.25) is 0 Å². The first-order valence-corrected chi connectivity index (χ1v) is 6.82. The van der Waals surface area contributed by atoms with Gasteiger partial charge in [-0.15, -0.1) is 0 Å². The Morgan fingerprint density at radius 1 is 1.14 bits per heavy atom. The average molecular weight is 285 g/mol. The summed E-state index contributed by atoms with van der Waals surface area (Å²) in [4.78, 5) is 4.04. The van der Waals surface area contributed by atoms with Crippen LogP contribution in [0.4, 0.5) is 14.7 Å². The molecule has 1 fully saturated rings. The smallest absolute Gasteiger partial charge is 0.201 e. The first-order valence-electron chi connectivity index (χ1n) is 6.82. The zero-order valence-corrected chi connectivity index (χ0v) is 11.1. The lowest BCUT2D eigenvalue weighted by molar-refractivity contribution is 0.590. The monoisotopic (exact) mass is 285 g/mol. The van der Waals surface area contributed by atoms with Gasteiger partial charge in [0.05, 0.1) is 5.52 Å². The molecular formula is C16H13F2N3. The number of halogens is 2. The standard InChI is InChI=1S/C16H13F2N3/c17-10-6-12(18)15-14(7-10)21(16(19)20-15)13-8-11(13)9-4-2-1-3-5-9/h1-7,11,13H,8H2,(H2,19,20). The summed E-state index contributed by atoms with van der Waals surface area (Å²) in [5, 5.41) is 0.